The Labute approximate surface area is 93.0 Å². The number of likely N-dealkylation sites (N-methyl/N-ethyl adjacent to an activating group) is 1. The Morgan fingerprint density at radius 3 is 2.62 bits per heavy atom. The van der Waals surface area contributed by atoms with E-state index in [-0.39, 0.29) is 24.2 Å². The van der Waals surface area contributed by atoms with Crippen molar-refractivity contribution < 1.29 is 9.59 Å². The number of aromatic amines is 1. The van der Waals surface area contributed by atoms with Crippen molar-refractivity contribution in [1.29, 1.82) is 0 Å². The van der Waals surface area contributed by atoms with Crippen molar-refractivity contribution in [2.24, 2.45) is 0 Å². The van der Waals surface area contributed by atoms with Crippen LogP contribution in [-0.2, 0) is 4.79 Å². The smallest absolute Gasteiger partial charge is 0.291 e. The zero-order valence-corrected chi connectivity index (χ0v) is 9.50. The van der Waals surface area contributed by atoms with Crippen LogP contribution in [0, 0.1) is 0 Å². The standard InChI is InChI=1S/C9H15N5O2/c1-5(2)7-12-8(14-13-7)9(16)11-4-6(15)10-3/h5H,4H2,1-3H3,(H,10,15)(H,11,16)(H,12,13,14). The highest BCUT2D eigenvalue weighted by Gasteiger charge is 2.14. The summed E-state index contributed by atoms with van der Waals surface area (Å²) in [6.07, 6.45) is 0. The van der Waals surface area contributed by atoms with Crippen LogP contribution < -0.4 is 10.6 Å². The van der Waals surface area contributed by atoms with Gasteiger partial charge in [0.2, 0.25) is 11.7 Å². The highest BCUT2D eigenvalue weighted by Crippen LogP contribution is 2.07. The Balaban J connectivity index is 2.56. The van der Waals surface area contributed by atoms with Crippen LogP contribution >= 0.6 is 0 Å². The summed E-state index contributed by atoms with van der Waals surface area (Å²) in [5.41, 5.74) is 0. The highest BCUT2D eigenvalue weighted by molar-refractivity contribution is 5.93. The summed E-state index contributed by atoms with van der Waals surface area (Å²) in [6.45, 7) is 3.79. The lowest BCUT2D eigenvalue weighted by Gasteiger charge is -2.00. The SMILES string of the molecule is CNC(=O)CNC(=O)c1n[nH]c(C(C)C)n1. The topological polar surface area (TPSA) is 99.8 Å². The molecule has 7 nitrogen and oxygen atoms in total. The Morgan fingerprint density at radius 1 is 1.44 bits per heavy atom. The molecule has 0 aromatic carbocycles. The number of hydrogen-bond donors (Lipinski definition) is 3. The van der Waals surface area contributed by atoms with E-state index in [0.29, 0.717) is 5.82 Å². The fourth-order valence-electron chi connectivity index (χ4n) is 0.962. The predicted molar refractivity (Wildman–Crippen MR) is 56.9 cm³/mol. The third-order valence-electron chi connectivity index (χ3n) is 1.94. The molecule has 0 saturated heterocycles. The number of nitrogens with one attached hydrogen (secondary N) is 3. The lowest BCUT2D eigenvalue weighted by Crippen LogP contribution is -2.35. The van der Waals surface area contributed by atoms with Crippen LogP contribution in [0.3, 0.4) is 0 Å². The second kappa shape index (κ2) is 5.24. The van der Waals surface area contributed by atoms with Gasteiger partial charge < -0.3 is 10.6 Å². The third-order valence-corrected chi connectivity index (χ3v) is 1.94. The molecule has 0 bridgehead atoms. The Hall–Kier alpha value is -1.92. The number of carbonyl (C=O) groups excluding carboxylic acids is 2. The minimum atomic E-state index is -0.466. The van der Waals surface area contributed by atoms with Crippen molar-refractivity contribution in [3.8, 4) is 0 Å². The van der Waals surface area contributed by atoms with Gasteiger partial charge in [0.15, 0.2) is 0 Å². The summed E-state index contributed by atoms with van der Waals surface area (Å²) in [5, 5.41) is 11.2. The molecule has 0 saturated carbocycles. The van der Waals surface area contributed by atoms with Gasteiger partial charge >= 0.3 is 0 Å². The van der Waals surface area contributed by atoms with Gasteiger partial charge in [-0.2, -0.15) is 0 Å². The molecular formula is C9H15N5O2. The van der Waals surface area contributed by atoms with Crippen molar-refractivity contribution in [1.82, 2.24) is 25.8 Å². The highest BCUT2D eigenvalue weighted by atomic mass is 16.2. The largest absolute Gasteiger partial charge is 0.358 e. The number of rotatable bonds is 4. The number of amides is 2. The molecule has 2 amide bonds. The number of nitrogens with zero attached hydrogens (tertiary/aromatic N) is 2. The lowest BCUT2D eigenvalue weighted by atomic mass is 10.2. The lowest BCUT2D eigenvalue weighted by molar-refractivity contribution is -0.119. The minimum Gasteiger partial charge on any atom is -0.358 e. The van der Waals surface area contributed by atoms with Gasteiger partial charge in [-0.3, -0.25) is 14.7 Å². The van der Waals surface area contributed by atoms with Crippen molar-refractivity contribution in [2.75, 3.05) is 13.6 Å². The zero-order chi connectivity index (χ0) is 12.1. The number of H-pyrrole nitrogens is 1. The molecule has 7 heteroatoms. The van der Waals surface area contributed by atoms with E-state index in [1.54, 1.807) is 0 Å². The van der Waals surface area contributed by atoms with Crippen LogP contribution in [0.25, 0.3) is 0 Å². The van der Waals surface area contributed by atoms with Crippen LogP contribution in [-0.4, -0.2) is 40.6 Å². The van der Waals surface area contributed by atoms with Crippen molar-refractivity contribution in [3.05, 3.63) is 11.6 Å². The fraction of sp³-hybridized carbons (Fsp3) is 0.556. The maximum Gasteiger partial charge on any atom is 0.291 e. The van der Waals surface area contributed by atoms with Crippen LogP contribution in [0.4, 0.5) is 0 Å². The summed E-state index contributed by atoms with van der Waals surface area (Å²) in [6, 6.07) is 0. The first-order valence-corrected chi connectivity index (χ1v) is 4.95. The first-order valence-electron chi connectivity index (χ1n) is 4.95. The van der Waals surface area contributed by atoms with Crippen LogP contribution in [0.15, 0.2) is 0 Å². The number of carbonyl (C=O) groups is 2. The minimum absolute atomic E-state index is 0.0487. The van der Waals surface area contributed by atoms with Crippen LogP contribution in [0.1, 0.15) is 36.2 Å². The molecule has 88 valence electrons. The molecule has 0 spiro atoms. The van der Waals surface area contributed by atoms with E-state index in [1.165, 1.54) is 7.05 Å². The molecule has 1 aromatic heterocycles. The van der Waals surface area contributed by atoms with E-state index in [2.05, 4.69) is 25.8 Å². The molecule has 0 aliphatic heterocycles. The molecule has 0 aliphatic carbocycles. The van der Waals surface area contributed by atoms with E-state index in [0.717, 1.165) is 0 Å². The second-order valence-electron chi connectivity index (χ2n) is 3.55. The van der Waals surface area contributed by atoms with E-state index in [9.17, 15) is 9.59 Å². The summed E-state index contributed by atoms with van der Waals surface area (Å²) < 4.78 is 0. The molecule has 0 atom stereocenters. The molecular weight excluding hydrogens is 210 g/mol. The van der Waals surface area contributed by atoms with Gasteiger partial charge in [0.25, 0.3) is 5.91 Å². The third kappa shape index (κ3) is 3.04. The normalized spacial score (nSPS) is 10.2. The van der Waals surface area contributed by atoms with Crippen LogP contribution in [0.5, 0.6) is 0 Å². The molecule has 0 aliphatic rings. The zero-order valence-electron chi connectivity index (χ0n) is 9.50. The van der Waals surface area contributed by atoms with Crippen LogP contribution in [0.2, 0.25) is 0 Å². The van der Waals surface area contributed by atoms with Crippen molar-refractivity contribution in [2.45, 2.75) is 19.8 Å². The number of hydrogen-bond acceptors (Lipinski definition) is 4. The Kier molecular flexibility index (Phi) is 3.98. The van der Waals surface area contributed by atoms with Gasteiger partial charge in [-0.15, -0.1) is 5.10 Å². The molecule has 3 N–H and O–H groups in total. The molecule has 1 aromatic rings. The average molecular weight is 225 g/mol. The predicted octanol–water partition coefficient (Wildman–Crippen LogP) is -0.596. The first kappa shape index (κ1) is 12.2. The molecule has 1 heterocycles. The maximum absolute atomic E-state index is 11.5. The molecule has 0 fully saturated rings. The van der Waals surface area contributed by atoms with Gasteiger partial charge in [0, 0.05) is 13.0 Å². The quantitative estimate of drug-likeness (QED) is 0.637. The van der Waals surface area contributed by atoms with Gasteiger partial charge in [0.1, 0.15) is 5.82 Å². The molecule has 0 radical (unpaired) electrons. The fourth-order valence-corrected chi connectivity index (χ4v) is 0.962. The molecule has 0 unspecified atom stereocenters. The van der Waals surface area contributed by atoms with Crippen molar-refractivity contribution in [3.63, 3.8) is 0 Å². The number of aromatic nitrogens is 3. The van der Waals surface area contributed by atoms with Gasteiger partial charge in [-0.1, -0.05) is 13.8 Å². The van der Waals surface area contributed by atoms with E-state index in [4.69, 9.17) is 0 Å². The molecule has 16 heavy (non-hydrogen) atoms. The van der Waals surface area contributed by atoms with E-state index < -0.39 is 5.91 Å². The monoisotopic (exact) mass is 225 g/mol. The van der Waals surface area contributed by atoms with Gasteiger partial charge in [0.05, 0.1) is 6.54 Å². The maximum atomic E-state index is 11.5. The van der Waals surface area contributed by atoms with E-state index in [1.807, 2.05) is 13.8 Å². The van der Waals surface area contributed by atoms with Crippen molar-refractivity contribution >= 4 is 11.8 Å². The first-order chi connectivity index (χ1) is 7.54. The summed E-state index contributed by atoms with van der Waals surface area (Å²) >= 11 is 0. The summed E-state index contributed by atoms with van der Waals surface area (Å²) in [4.78, 5) is 26.4. The summed E-state index contributed by atoms with van der Waals surface area (Å²) in [7, 11) is 1.50. The Bertz CT molecular complexity index is 385. The summed E-state index contributed by atoms with van der Waals surface area (Å²) in [5.74, 6) is 0.130. The van der Waals surface area contributed by atoms with E-state index >= 15 is 0 Å². The second-order valence-corrected chi connectivity index (χ2v) is 3.55. The van der Waals surface area contributed by atoms with Gasteiger partial charge in [-0.05, 0) is 0 Å². The average Bonchev–Trinajstić information content (AvgIpc) is 2.74. The van der Waals surface area contributed by atoms with Gasteiger partial charge in [-0.25, -0.2) is 4.98 Å². The molecule has 1 rings (SSSR count). The Morgan fingerprint density at radius 2 is 2.12 bits per heavy atom.